The molecule has 0 atom stereocenters. The van der Waals surface area contributed by atoms with Crippen LogP contribution in [-0.2, 0) is 0 Å². The molecule has 0 aromatic rings. The first-order valence-electron chi connectivity index (χ1n) is 13.7. The molecule has 0 aliphatic carbocycles. The van der Waals surface area contributed by atoms with Crippen molar-refractivity contribution < 1.29 is 0 Å². The molecule has 0 amide bonds. The van der Waals surface area contributed by atoms with Crippen LogP contribution in [0.1, 0.15) is 163 Å². The van der Waals surface area contributed by atoms with Gasteiger partial charge < -0.3 is 5.73 Å². The van der Waals surface area contributed by atoms with E-state index >= 15 is 0 Å². The minimum absolute atomic E-state index is 0.122. The van der Waals surface area contributed by atoms with Crippen LogP contribution < -0.4 is 5.73 Å². The lowest BCUT2D eigenvalue weighted by Crippen LogP contribution is -2.39. The molecule has 0 unspecified atom stereocenters. The van der Waals surface area contributed by atoms with E-state index in [1.807, 2.05) is 0 Å². The molecular weight excluding hydrogens is 350 g/mol. The highest BCUT2D eigenvalue weighted by Crippen LogP contribution is 2.27. The van der Waals surface area contributed by atoms with Crippen molar-refractivity contribution in [2.45, 2.75) is 169 Å². The molecule has 0 radical (unpaired) electrons. The molecule has 1 heteroatoms. The van der Waals surface area contributed by atoms with Crippen LogP contribution in [0, 0.1) is 11.8 Å². The molecule has 0 fully saturated rings. The Morgan fingerprint density at radius 3 is 1.14 bits per heavy atom. The zero-order valence-electron chi connectivity index (χ0n) is 21.4. The van der Waals surface area contributed by atoms with Gasteiger partial charge in [-0.05, 0) is 31.1 Å². The quantitative estimate of drug-likeness (QED) is 0.177. The van der Waals surface area contributed by atoms with E-state index in [9.17, 15) is 0 Å². The summed E-state index contributed by atoms with van der Waals surface area (Å²) in [7, 11) is 0. The second-order valence-electron chi connectivity index (χ2n) is 10.9. The SMILES string of the molecule is CCCCCCCCCCCC(N)(CCCCCC(C)C)CCCCCC(C)C. The summed E-state index contributed by atoms with van der Waals surface area (Å²) in [6, 6.07) is 0. The van der Waals surface area contributed by atoms with Gasteiger partial charge in [-0.1, -0.05) is 144 Å². The van der Waals surface area contributed by atoms with Gasteiger partial charge in [0.1, 0.15) is 0 Å². The molecule has 29 heavy (non-hydrogen) atoms. The number of rotatable bonds is 22. The molecule has 0 rings (SSSR count). The van der Waals surface area contributed by atoms with Gasteiger partial charge in [0, 0.05) is 5.54 Å². The average molecular weight is 410 g/mol. The van der Waals surface area contributed by atoms with Gasteiger partial charge in [-0.15, -0.1) is 0 Å². The van der Waals surface area contributed by atoms with E-state index in [-0.39, 0.29) is 5.54 Å². The molecule has 0 saturated heterocycles. The first kappa shape index (κ1) is 29.0. The third-order valence-corrected chi connectivity index (χ3v) is 6.69. The Bertz CT molecular complexity index is 302. The van der Waals surface area contributed by atoms with Crippen molar-refractivity contribution in [2.75, 3.05) is 0 Å². The van der Waals surface area contributed by atoms with Crippen LogP contribution in [0.4, 0.5) is 0 Å². The second-order valence-corrected chi connectivity index (χ2v) is 10.9. The summed E-state index contributed by atoms with van der Waals surface area (Å²) in [5.74, 6) is 1.70. The zero-order valence-corrected chi connectivity index (χ0v) is 21.4. The molecule has 2 N–H and O–H groups in total. The summed E-state index contributed by atoms with van der Waals surface area (Å²) in [6.07, 6.45) is 27.5. The molecule has 0 spiro atoms. The molecule has 0 bridgehead atoms. The van der Waals surface area contributed by atoms with Crippen LogP contribution in [0.25, 0.3) is 0 Å². The van der Waals surface area contributed by atoms with Crippen molar-refractivity contribution in [3.63, 3.8) is 0 Å². The molecule has 0 aromatic heterocycles. The molecule has 0 heterocycles. The van der Waals surface area contributed by atoms with Crippen LogP contribution >= 0.6 is 0 Å². The summed E-state index contributed by atoms with van der Waals surface area (Å²) in [5.41, 5.74) is 7.10. The van der Waals surface area contributed by atoms with E-state index in [0.717, 1.165) is 11.8 Å². The third-order valence-electron chi connectivity index (χ3n) is 6.69. The highest BCUT2D eigenvalue weighted by atomic mass is 14.7. The van der Waals surface area contributed by atoms with Gasteiger partial charge in [0.25, 0.3) is 0 Å². The molecule has 0 aliphatic heterocycles. The summed E-state index contributed by atoms with van der Waals surface area (Å²) in [6.45, 7) is 11.7. The highest BCUT2D eigenvalue weighted by molar-refractivity contribution is 4.84. The van der Waals surface area contributed by atoms with Crippen LogP contribution in [0.2, 0.25) is 0 Å². The second kappa shape index (κ2) is 19.9. The van der Waals surface area contributed by atoms with Crippen molar-refractivity contribution in [1.82, 2.24) is 0 Å². The number of unbranched alkanes of at least 4 members (excludes halogenated alkanes) is 12. The van der Waals surface area contributed by atoms with Crippen molar-refractivity contribution in [3.05, 3.63) is 0 Å². The monoisotopic (exact) mass is 409 g/mol. The zero-order chi connectivity index (χ0) is 21.8. The Hall–Kier alpha value is -0.0400. The minimum Gasteiger partial charge on any atom is -0.325 e. The van der Waals surface area contributed by atoms with E-state index in [0.29, 0.717) is 0 Å². The van der Waals surface area contributed by atoms with Gasteiger partial charge in [-0.3, -0.25) is 0 Å². The van der Waals surface area contributed by atoms with E-state index in [2.05, 4.69) is 34.6 Å². The molecule has 0 saturated carbocycles. The molecule has 0 aliphatic rings. The maximum Gasteiger partial charge on any atom is 0.0154 e. The van der Waals surface area contributed by atoms with Gasteiger partial charge in [-0.25, -0.2) is 0 Å². The molecule has 0 aromatic carbocycles. The summed E-state index contributed by atoms with van der Waals surface area (Å²) >= 11 is 0. The average Bonchev–Trinajstić information content (AvgIpc) is 2.66. The predicted molar refractivity (Wildman–Crippen MR) is 135 cm³/mol. The fourth-order valence-corrected chi connectivity index (χ4v) is 4.58. The fourth-order valence-electron chi connectivity index (χ4n) is 4.58. The van der Waals surface area contributed by atoms with Gasteiger partial charge >= 0.3 is 0 Å². The maximum atomic E-state index is 6.98. The predicted octanol–water partition coefficient (Wildman–Crippen LogP) is 9.82. The first-order chi connectivity index (χ1) is 13.9. The molecule has 176 valence electrons. The van der Waals surface area contributed by atoms with Gasteiger partial charge in [0.05, 0.1) is 0 Å². The standard InChI is InChI=1S/C28H59N/c1-6-7-8-9-10-11-12-13-18-23-28(29,24-19-14-16-21-26(2)3)25-20-15-17-22-27(4)5/h26-27H,6-25,29H2,1-5H3. The van der Waals surface area contributed by atoms with Crippen LogP contribution in [0.15, 0.2) is 0 Å². The van der Waals surface area contributed by atoms with E-state index in [4.69, 9.17) is 5.73 Å². The largest absolute Gasteiger partial charge is 0.325 e. The molecular formula is C28H59N. The Balaban J connectivity index is 4.05. The maximum absolute atomic E-state index is 6.98. The fraction of sp³-hybridized carbons (Fsp3) is 1.00. The third kappa shape index (κ3) is 21.0. The smallest absolute Gasteiger partial charge is 0.0154 e. The Kier molecular flexibility index (Phi) is 19.9. The summed E-state index contributed by atoms with van der Waals surface area (Å²) < 4.78 is 0. The van der Waals surface area contributed by atoms with Crippen LogP contribution in [0.3, 0.4) is 0 Å². The van der Waals surface area contributed by atoms with Gasteiger partial charge in [0.2, 0.25) is 0 Å². The Morgan fingerprint density at radius 1 is 0.483 bits per heavy atom. The Labute approximate surface area is 186 Å². The van der Waals surface area contributed by atoms with Gasteiger partial charge in [0.15, 0.2) is 0 Å². The van der Waals surface area contributed by atoms with E-state index in [1.54, 1.807) is 0 Å². The molecule has 1 nitrogen and oxygen atoms in total. The highest BCUT2D eigenvalue weighted by Gasteiger charge is 2.23. The number of hydrogen-bond acceptors (Lipinski definition) is 1. The normalized spacial score (nSPS) is 12.4. The van der Waals surface area contributed by atoms with Crippen molar-refractivity contribution in [2.24, 2.45) is 17.6 Å². The van der Waals surface area contributed by atoms with Crippen LogP contribution in [0.5, 0.6) is 0 Å². The van der Waals surface area contributed by atoms with E-state index < -0.39 is 0 Å². The first-order valence-corrected chi connectivity index (χ1v) is 13.7. The lowest BCUT2D eigenvalue weighted by molar-refractivity contribution is 0.301. The van der Waals surface area contributed by atoms with Crippen molar-refractivity contribution in [3.8, 4) is 0 Å². The number of hydrogen-bond donors (Lipinski definition) is 1. The van der Waals surface area contributed by atoms with Crippen molar-refractivity contribution in [1.29, 1.82) is 0 Å². The van der Waals surface area contributed by atoms with E-state index in [1.165, 1.54) is 128 Å². The summed E-state index contributed by atoms with van der Waals surface area (Å²) in [4.78, 5) is 0. The topological polar surface area (TPSA) is 26.0 Å². The number of nitrogens with two attached hydrogens (primary N) is 1. The van der Waals surface area contributed by atoms with Crippen LogP contribution in [-0.4, -0.2) is 5.54 Å². The lowest BCUT2D eigenvalue weighted by Gasteiger charge is -2.30. The lowest BCUT2D eigenvalue weighted by atomic mass is 9.82. The van der Waals surface area contributed by atoms with Crippen molar-refractivity contribution >= 4 is 0 Å². The van der Waals surface area contributed by atoms with Gasteiger partial charge in [-0.2, -0.15) is 0 Å². The Morgan fingerprint density at radius 2 is 0.793 bits per heavy atom. The summed E-state index contributed by atoms with van der Waals surface area (Å²) in [5, 5.41) is 0. The minimum atomic E-state index is 0.122.